The summed E-state index contributed by atoms with van der Waals surface area (Å²) in [5, 5.41) is 6.53. The number of likely N-dealkylation sites (tertiary alicyclic amines) is 1. The molecule has 0 aliphatic carbocycles. The molecule has 7 heteroatoms. The summed E-state index contributed by atoms with van der Waals surface area (Å²) in [5.41, 5.74) is 0. The first-order valence-corrected chi connectivity index (χ1v) is 11.1. The van der Waals surface area contributed by atoms with Gasteiger partial charge in [-0.05, 0) is 46.6 Å². The summed E-state index contributed by atoms with van der Waals surface area (Å²) in [4.78, 5) is 7.03. The zero-order valence-corrected chi connectivity index (χ0v) is 16.9. The number of nitrogens with zero attached hydrogens (tertiary/aromatic N) is 2. The molecule has 6 nitrogen and oxygen atoms in total. The molecule has 24 heavy (non-hydrogen) atoms. The van der Waals surface area contributed by atoms with Crippen molar-refractivity contribution < 1.29 is 8.42 Å². The fraction of sp³-hybridized carbons (Fsp3) is 0.941. The molecule has 0 aromatic heterocycles. The maximum atomic E-state index is 11.8. The molecule has 1 saturated heterocycles. The summed E-state index contributed by atoms with van der Waals surface area (Å²) in [5.74, 6) is 0.694. The normalized spacial score (nSPS) is 20.9. The van der Waals surface area contributed by atoms with Crippen molar-refractivity contribution >= 4 is 15.8 Å². The van der Waals surface area contributed by atoms with Gasteiger partial charge in [0.1, 0.15) is 0 Å². The molecule has 1 fully saturated rings. The molecule has 1 rings (SSSR count). The van der Waals surface area contributed by atoms with Crippen LogP contribution in [0.5, 0.6) is 0 Å². The van der Waals surface area contributed by atoms with Gasteiger partial charge in [-0.1, -0.05) is 13.3 Å². The number of hydrogen-bond donors (Lipinski definition) is 2. The van der Waals surface area contributed by atoms with Gasteiger partial charge in [0.05, 0.1) is 11.3 Å². The predicted octanol–water partition coefficient (Wildman–Crippen LogP) is 1.63. The highest BCUT2D eigenvalue weighted by molar-refractivity contribution is 7.92. The smallest absolute Gasteiger partial charge is 0.191 e. The predicted molar refractivity (Wildman–Crippen MR) is 102 cm³/mol. The summed E-state index contributed by atoms with van der Waals surface area (Å²) in [6.45, 7) is 11.7. The Labute approximate surface area is 148 Å². The standard InChI is InChI=1S/C17H36N4O2S/c1-6-15-10-8-9-12-21(15)13-11-19-16(18-7-2)20-14-17(3,4)24(5,22)23/h15H,6-14H2,1-5H3,(H2,18,19,20). The Morgan fingerprint density at radius 1 is 1.25 bits per heavy atom. The van der Waals surface area contributed by atoms with Gasteiger partial charge in [-0.3, -0.25) is 9.89 Å². The number of sulfone groups is 1. The second-order valence-electron chi connectivity index (χ2n) is 7.25. The van der Waals surface area contributed by atoms with Gasteiger partial charge < -0.3 is 10.6 Å². The summed E-state index contributed by atoms with van der Waals surface area (Å²) in [6, 6.07) is 0.698. The first-order valence-electron chi connectivity index (χ1n) is 9.17. The molecule has 0 spiro atoms. The Kier molecular flexibility index (Phi) is 8.50. The van der Waals surface area contributed by atoms with Crippen LogP contribution in [0, 0.1) is 0 Å². The first kappa shape index (κ1) is 21.2. The van der Waals surface area contributed by atoms with Gasteiger partial charge in [0, 0.05) is 31.9 Å². The highest BCUT2D eigenvalue weighted by Crippen LogP contribution is 2.18. The van der Waals surface area contributed by atoms with Crippen molar-refractivity contribution in [1.29, 1.82) is 0 Å². The molecule has 0 aromatic rings. The van der Waals surface area contributed by atoms with Crippen molar-refractivity contribution in [3.63, 3.8) is 0 Å². The minimum absolute atomic E-state index is 0.252. The Balaban J connectivity index is 2.55. The van der Waals surface area contributed by atoms with Crippen LogP contribution in [0.3, 0.4) is 0 Å². The van der Waals surface area contributed by atoms with Crippen molar-refractivity contribution in [3.8, 4) is 0 Å². The SMILES string of the molecule is CCNC(=NCC(C)(C)S(C)(=O)=O)NCCN1CCCCC1CC. The van der Waals surface area contributed by atoms with Crippen molar-refractivity contribution in [2.24, 2.45) is 4.99 Å². The van der Waals surface area contributed by atoms with E-state index in [9.17, 15) is 8.42 Å². The number of rotatable bonds is 8. The van der Waals surface area contributed by atoms with E-state index >= 15 is 0 Å². The highest BCUT2D eigenvalue weighted by atomic mass is 32.2. The van der Waals surface area contributed by atoms with E-state index in [1.165, 1.54) is 38.5 Å². The van der Waals surface area contributed by atoms with E-state index in [1.807, 2.05) is 6.92 Å². The lowest BCUT2D eigenvalue weighted by Gasteiger charge is -2.35. The second kappa shape index (κ2) is 9.61. The van der Waals surface area contributed by atoms with E-state index in [4.69, 9.17) is 0 Å². The third kappa shape index (κ3) is 6.59. The fourth-order valence-corrected chi connectivity index (χ4v) is 3.16. The lowest BCUT2D eigenvalue weighted by Crippen LogP contribution is -2.46. The van der Waals surface area contributed by atoms with Crippen LogP contribution < -0.4 is 10.6 Å². The lowest BCUT2D eigenvalue weighted by molar-refractivity contribution is 0.147. The Hall–Kier alpha value is -0.820. The molecule has 1 aliphatic rings. The molecule has 1 unspecified atom stereocenters. The summed E-state index contributed by atoms with van der Waals surface area (Å²) in [6.07, 6.45) is 6.40. The van der Waals surface area contributed by atoms with Crippen LogP contribution in [0.1, 0.15) is 53.4 Å². The van der Waals surface area contributed by atoms with Gasteiger partial charge in [-0.2, -0.15) is 0 Å². The lowest BCUT2D eigenvalue weighted by atomic mass is 10.0. The number of nitrogens with one attached hydrogen (secondary N) is 2. The van der Waals surface area contributed by atoms with E-state index in [0.717, 1.165) is 19.6 Å². The van der Waals surface area contributed by atoms with Crippen LogP contribution in [0.25, 0.3) is 0 Å². The van der Waals surface area contributed by atoms with E-state index < -0.39 is 14.6 Å². The molecular formula is C17H36N4O2S. The summed E-state index contributed by atoms with van der Waals surface area (Å²) in [7, 11) is -3.13. The topological polar surface area (TPSA) is 73.8 Å². The number of hydrogen-bond acceptors (Lipinski definition) is 4. The minimum atomic E-state index is -3.13. The Morgan fingerprint density at radius 2 is 1.96 bits per heavy atom. The molecule has 0 aromatic carbocycles. The Morgan fingerprint density at radius 3 is 2.54 bits per heavy atom. The molecule has 142 valence electrons. The zero-order valence-electron chi connectivity index (χ0n) is 16.1. The maximum Gasteiger partial charge on any atom is 0.191 e. The van der Waals surface area contributed by atoms with Gasteiger partial charge in [-0.15, -0.1) is 0 Å². The molecule has 0 saturated carbocycles. The van der Waals surface area contributed by atoms with Gasteiger partial charge in [0.2, 0.25) is 0 Å². The summed E-state index contributed by atoms with van der Waals surface area (Å²) >= 11 is 0. The highest BCUT2D eigenvalue weighted by Gasteiger charge is 2.30. The fourth-order valence-electron chi connectivity index (χ4n) is 2.86. The molecule has 1 atom stereocenters. The first-order chi connectivity index (χ1) is 11.2. The third-order valence-corrected chi connectivity index (χ3v) is 7.01. The van der Waals surface area contributed by atoms with Crippen molar-refractivity contribution in [3.05, 3.63) is 0 Å². The largest absolute Gasteiger partial charge is 0.357 e. The van der Waals surface area contributed by atoms with Gasteiger partial charge in [0.15, 0.2) is 15.8 Å². The van der Waals surface area contributed by atoms with Gasteiger partial charge in [-0.25, -0.2) is 8.42 Å². The van der Waals surface area contributed by atoms with Crippen LogP contribution in [0.2, 0.25) is 0 Å². The van der Waals surface area contributed by atoms with Crippen LogP contribution in [0.15, 0.2) is 4.99 Å². The average molecular weight is 361 g/mol. The quantitative estimate of drug-likeness (QED) is 0.508. The van der Waals surface area contributed by atoms with Crippen LogP contribution in [-0.4, -0.2) is 69.0 Å². The van der Waals surface area contributed by atoms with E-state index in [1.54, 1.807) is 13.8 Å². The molecule has 1 aliphatic heterocycles. The monoisotopic (exact) mass is 360 g/mol. The van der Waals surface area contributed by atoms with Crippen molar-refractivity contribution in [2.45, 2.75) is 64.2 Å². The molecule has 0 bridgehead atoms. The van der Waals surface area contributed by atoms with E-state index in [0.29, 0.717) is 12.0 Å². The number of aliphatic imine (C=N–C) groups is 1. The van der Waals surface area contributed by atoms with Crippen LogP contribution >= 0.6 is 0 Å². The molecular weight excluding hydrogens is 324 g/mol. The number of piperidine rings is 1. The summed E-state index contributed by atoms with van der Waals surface area (Å²) < 4.78 is 22.7. The third-order valence-electron chi connectivity index (χ3n) is 4.88. The molecule has 1 heterocycles. The molecule has 0 radical (unpaired) electrons. The van der Waals surface area contributed by atoms with E-state index in [-0.39, 0.29) is 6.54 Å². The van der Waals surface area contributed by atoms with Crippen LogP contribution in [-0.2, 0) is 9.84 Å². The van der Waals surface area contributed by atoms with Gasteiger partial charge in [0.25, 0.3) is 0 Å². The van der Waals surface area contributed by atoms with Crippen molar-refractivity contribution in [1.82, 2.24) is 15.5 Å². The molecule has 2 N–H and O–H groups in total. The van der Waals surface area contributed by atoms with Crippen LogP contribution in [0.4, 0.5) is 0 Å². The Bertz CT molecular complexity index is 503. The minimum Gasteiger partial charge on any atom is -0.357 e. The average Bonchev–Trinajstić information content (AvgIpc) is 2.52. The second-order valence-corrected chi connectivity index (χ2v) is 9.90. The van der Waals surface area contributed by atoms with Crippen molar-refractivity contribution in [2.75, 3.05) is 39.0 Å². The zero-order chi connectivity index (χ0) is 18.2. The molecule has 0 amide bonds. The number of guanidine groups is 1. The van der Waals surface area contributed by atoms with Gasteiger partial charge >= 0.3 is 0 Å². The maximum absolute atomic E-state index is 11.8. The van der Waals surface area contributed by atoms with E-state index in [2.05, 4.69) is 27.4 Å².